The molecule has 0 saturated heterocycles. The molecule has 0 aliphatic heterocycles. The molecule has 0 aliphatic carbocycles. The number of thiophene rings is 1. The van der Waals surface area contributed by atoms with Gasteiger partial charge >= 0.3 is 0 Å². The van der Waals surface area contributed by atoms with Crippen LogP contribution in [0.1, 0.15) is 10.4 Å². The van der Waals surface area contributed by atoms with E-state index in [0.29, 0.717) is 0 Å². The highest BCUT2D eigenvalue weighted by molar-refractivity contribution is 7.11. The molecule has 0 fully saturated rings. The minimum Gasteiger partial charge on any atom is -0.288 e. The summed E-state index contributed by atoms with van der Waals surface area (Å²) in [4.78, 5) is 15.7. The number of anilines is 1. The standard InChI is InChI=1S/C15H13N5OS/c1-10-7-8-22-12(10)9-16-19-15-17-14(21)13(18-20-15)11-5-3-2-4-6-11/h2-9H,1H3,(H2,17,19,20,21)/b16-9+. The van der Waals surface area contributed by atoms with Gasteiger partial charge in [-0.05, 0) is 23.9 Å². The quantitative estimate of drug-likeness (QED) is 0.573. The lowest BCUT2D eigenvalue weighted by Crippen LogP contribution is -2.15. The van der Waals surface area contributed by atoms with Crippen molar-refractivity contribution in [2.24, 2.45) is 5.10 Å². The SMILES string of the molecule is Cc1ccsc1/C=N/Nc1nnc(-c2ccccc2)c(=O)[nH]1. The van der Waals surface area contributed by atoms with Gasteiger partial charge in [0.1, 0.15) is 0 Å². The van der Waals surface area contributed by atoms with Crippen LogP contribution in [0.15, 0.2) is 51.7 Å². The lowest BCUT2D eigenvalue weighted by Gasteiger charge is -2.01. The third-order valence-corrected chi connectivity index (χ3v) is 3.95. The Balaban J connectivity index is 1.77. The Kier molecular flexibility index (Phi) is 4.06. The summed E-state index contributed by atoms with van der Waals surface area (Å²) < 4.78 is 0. The van der Waals surface area contributed by atoms with Gasteiger partial charge in [-0.3, -0.25) is 9.78 Å². The maximum absolute atomic E-state index is 12.0. The summed E-state index contributed by atoms with van der Waals surface area (Å²) >= 11 is 1.59. The molecule has 3 rings (SSSR count). The lowest BCUT2D eigenvalue weighted by molar-refractivity contribution is 0.947. The molecule has 0 aliphatic rings. The highest BCUT2D eigenvalue weighted by Crippen LogP contribution is 2.13. The van der Waals surface area contributed by atoms with Gasteiger partial charge < -0.3 is 0 Å². The van der Waals surface area contributed by atoms with Crippen LogP contribution in [0.3, 0.4) is 0 Å². The van der Waals surface area contributed by atoms with Gasteiger partial charge in [0.15, 0.2) is 5.69 Å². The first-order valence-corrected chi connectivity index (χ1v) is 7.47. The molecule has 110 valence electrons. The summed E-state index contributed by atoms with van der Waals surface area (Å²) in [5.41, 5.74) is 4.52. The molecule has 22 heavy (non-hydrogen) atoms. The summed E-state index contributed by atoms with van der Waals surface area (Å²) in [6.45, 7) is 2.01. The van der Waals surface area contributed by atoms with Crippen molar-refractivity contribution in [3.63, 3.8) is 0 Å². The Morgan fingerprint density at radius 1 is 1.23 bits per heavy atom. The van der Waals surface area contributed by atoms with E-state index in [9.17, 15) is 4.79 Å². The first-order valence-electron chi connectivity index (χ1n) is 6.59. The molecule has 6 nitrogen and oxygen atoms in total. The van der Waals surface area contributed by atoms with Crippen molar-refractivity contribution in [3.05, 3.63) is 62.6 Å². The number of benzene rings is 1. The average molecular weight is 311 g/mol. The predicted molar refractivity (Wildman–Crippen MR) is 88.4 cm³/mol. The zero-order valence-electron chi connectivity index (χ0n) is 11.8. The molecule has 0 amide bonds. The van der Waals surface area contributed by atoms with E-state index >= 15 is 0 Å². The Morgan fingerprint density at radius 2 is 2.05 bits per heavy atom. The monoisotopic (exact) mass is 311 g/mol. The van der Waals surface area contributed by atoms with Gasteiger partial charge in [0, 0.05) is 10.4 Å². The molecule has 0 radical (unpaired) electrons. The van der Waals surface area contributed by atoms with E-state index in [1.165, 1.54) is 0 Å². The van der Waals surface area contributed by atoms with Crippen LogP contribution in [0.5, 0.6) is 0 Å². The molecule has 0 bridgehead atoms. The third kappa shape index (κ3) is 3.09. The van der Waals surface area contributed by atoms with Crippen molar-refractivity contribution in [1.82, 2.24) is 15.2 Å². The molecule has 1 aromatic carbocycles. The van der Waals surface area contributed by atoms with Gasteiger partial charge in [-0.1, -0.05) is 30.3 Å². The van der Waals surface area contributed by atoms with E-state index in [1.807, 2.05) is 48.7 Å². The number of hydrazone groups is 1. The topological polar surface area (TPSA) is 83.0 Å². The fourth-order valence-electron chi connectivity index (χ4n) is 1.84. The third-order valence-electron chi connectivity index (χ3n) is 3.00. The van der Waals surface area contributed by atoms with Gasteiger partial charge in [0.05, 0.1) is 6.21 Å². The number of H-pyrrole nitrogens is 1. The summed E-state index contributed by atoms with van der Waals surface area (Å²) in [5.74, 6) is 0.204. The van der Waals surface area contributed by atoms with Crippen LogP contribution in [0, 0.1) is 6.92 Å². The molecule has 2 heterocycles. The van der Waals surface area contributed by atoms with E-state index in [4.69, 9.17) is 0 Å². The molecule has 0 saturated carbocycles. The smallest absolute Gasteiger partial charge is 0.279 e. The summed E-state index contributed by atoms with van der Waals surface area (Å²) in [5, 5.41) is 13.9. The largest absolute Gasteiger partial charge is 0.288 e. The summed E-state index contributed by atoms with van der Waals surface area (Å²) in [6, 6.07) is 11.2. The predicted octanol–water partition coefficient (Wildman–Crippen LogP) is 2.65. The van der Waals surface area contributed by atoms with Crippen LogP contribution < -0.4 is 11.0 Å². The fraction of sp³-hybridized carbons (Fsp3) is 0.0667. The second-order valence-electron chi connectivity index (χ2n) is 4.56. The second kappa shape index (κ2) is 6.31. The highest BCUT2D eigenvalue weighted by Gasteiger charge is 2.06. The van der Waals surface area contributed by atoms with Crippen LogP contribution in [0.25, 0.3) is 11.3 Å². The lowest BCUT2D eigenvalue weighted by atomic mass is 10.2. The van der Waals surface area contributed by atoms with Gasteiger partial charge in [-0.2, -0.15) is 5.10 Å². The molecule has 2 N–H and O–H groups in total. The van der Waals surface area contributed by atoms with Crippen LogP contribution >= 0.6 is 11.3 Å². The normalized spacial score (nSPS) is 11.0. The Hall–Kier alpha value is -2.80. The van der Waals surface area contributed by atoms with Crippen molar-refractivity contribution in [3.8, 4) is 11.3 Å². The van der Waals surface area contributed by atoms with E-state index in [2.05, 4.69) is 25.7 Å². The van der Waals surface area contributed by atoms with Gasteiger partial charge in [-0.25, -0.2) is 5.43 Å². The second-order valence-corrected chi connectivity index (χ2v) is 5.50. The number of rotatable bonds is 4. The molecule has 0 atom stereocenters. The number of aromatic nitrogens is 3. The van der Waals surface area contributed by atoms with Crippen molar-refractivity contribution in [2.45, 2.75) is 6.92 Å². The van der Waals surface area contributed by atoms with E-state index in [-0.39, 0.29) is 17.2 Å². The molecule has 0 spiro atoms. The van der Waals surface area contributed by atoms with Crippen LogP contribution in [0.2, 0.25) is 0 Å². The molecular weight excluding hydrogens is 298 g/mol. The Labute approximate surface area is 130 Å². The molecule has 7 heteroatoms. The van der Waals surface area contributed by atoms with Gasteiger partial charge in [-0.15, -0.1) is 21.5 Å². The molecule has 0 unspecified atom stereocenters. The first-order chi connectivity index (χ1) is 10.7. The van der Waals surface area contributed by atoms with Crippen LogP contribution in [-0.4, -0.2) is 21.4 Å². The van der Waals surface area contributed by atoms with Crippen LogP contribution in [-0.2, 0) is 0 Å². The van der Waals surface area contributed by atoms with Crippen molar-refractivity contribution >= 4 is 23.5 Å². The molecule has 2 aromatic heterocycles. The van der Waals surface area contributed by atoms with Crippen molar-refractivity contribution in [2.75, 3.05) is 5.43 Å². The van der Waals surface area contributed by atoms with E-state index in [0.717, 1.165) is 16.0 Å². The summed E-state index contributed by atoms with van der Waals surface area (Å²) in [7, 11) is 0. The minimum atomic E-state index is -0.314. The molecule has 3 aromatic rings. The Bertz CT molecular complexity index is 854. The summed E-state index contributed by atoms with van der Waals surface area (Å²) in [6.07, 6.45) is 1.69. The van der Waals surface area contributed by atoms with E-state index in [1.54, 1.807) is 17.6 Å². The number of hydrogen-bond donors (Lipinski definition) is 2. The zero-order chi connectivity index (χ0) is 15.4. The number of nitrogens with one attached hydrogen (secondary N) is 2. The van der Waals surface area contributed by atoms with Crippen molar-refractivity contribution in [1.29, 1.82) is 0 Å². The van der Waals surface area contributed by atoms with Crippen LogP contribution in [0.4, 0.5) is 5.95 Å². The van der Waals surface area contributed by atoms with E-state index < -0.39 is 0 Å². The number of nitrogens with zero attached hydrogens (tertiary/aromatic N) is 3. The fourth-order valence-corrected chi connectivity index (χ4v) is 2.63. The average Bonchev–Trinajstić information content (AvgIpc) is 2.94. The number of aromatic amines is 1. The maximum Gasteiger partial charge on any atom is 0.279 e. The maximum atomic E-state index is 12.0. The number of hydrogen-bond acceptors (Lipinski definition) is 6. The molecular formula is C15H13N5OS. The zero-order valence-corrected chi connectivity index (χ0v) is 12.6. The first kappa shape index (κ1) is 14.2. The number of aryl methyl sites for hydroxylation is 1. The minimum absolute atomic E-state index is 0.204. The highest BCUT2D eigenvalue weighted by atomic mass is 32.1. The van der Waals surface area contributed by atoms with Gasteiger partial charge in [0.25, 0.3) is 5.56 Å². The van der Waals surface area contributed by atoms with Gasteiger partial charge in [0.2, 0.25) is 5.95 Å². The Morgan fingerprint density at radius 3 is 2.73 bits per heavy atom. The van der Waals surface area contributed by atoms with Crippen molar-refractivity contribution < 1.29 is 0 Å².